The first-order chi connectivity index (χ1) is 13.7. The Balaban J connectivity index is 2.17. The van der Waals surface area contributed by atoms with Gasteiger partial charge in [0.15, 0.2) is 0 Å². The molecule has 0 aliphatic carbocycles. The summed E-state index contributed by atoms with van der Waals surface area (Å²) < 4.78 is 26.5. The molecule has 0 aliphatic rings. The smallest absolute Gasteiger partial charge is 0.267 e. The number of halogens is 1. The van der Waals surface area contributed by atoms with Crippen LogP contribution in [0.5, 0.6) is 0 Å². The number of carbonyl (C=O) groups is 1. The van der Waals surface area contributed by atoms with E-state index in [-0.39, 0.29) is 21.2 Å². The summed E-state index contributed by atoms with van der Waals surface area (Å²) in [4.78, 5) is 22.6. The van der Waals surface area contributed by atoms with Crippen molar-refractivity contribution in [2.75, 3.05) is 13.1 Å². The summed E-state index contributed by atoms with van der Waals surface area (Å²) >= 11 is 5.74. The molecule has 0 atom stereocenters. The van der Waals surface area contributed by atoms with Crippen molar-refractivity contribution in [3.8, 4) is 0 Å². The van der Waals surface area contributed by atoms with Gasteiger partial charge in [0.25, 0.3) is 11.6 Å². The highest BCUT2D eigenvalue weighted by molar-refractivity contribution is 7.89. The van der Waals surface area contributed by atoms with Crippen LogP contribution in [0, 0.1) is 10.1 Å². The first-order valence-corrected chi connectivity index (χ1v) is 10.4. The number of nitrogens with one attached hydrogen (secondary N) is 1. The maximum Gasteiger partial charge on any atom is 0.288 e. The van der Waals surface area contributed by atoms with E-state index in [0.29, 0.717) is 18.7 Å². The largest absolute Gasteiger partial charge is 0.288 e. The number of sulfonamides is 1. The van der Waals surface area contributed by atoms with Gasteiger partial charge >= 0.3 is 0 Å². The predicted molar refractivity (Wildman–Crippen MR) is 110 cm³/mol. The molecule has 0 aliphatic heterocycles. The topological polar surface area (TPSA) is 122 Å². The van der Waals surface area contributed by atoms with Gasteiger partial charge in [0, 0.05) is 30.3 Å². The zero-order valence-electron chi connectivity index (χ0n) is 15.7. The third-order valence-corrected chi connectivity index (χ3v) is 6.35. The first-order valence-electron chi connectivity index (χ1n) is 8.58. The lowest BCUT2D eigenvalue weighted by atomic mass is 10.2. The lowest BCUT2D eigenvalue weighted by Gasteiger charge is -2.18. The number of hydrazone groups is 1. The van der Waals surface area contributed by atoms with Crippen molar-refractivity contribution in [2.45, 2.75) is 18.7 Å². The molecule has 2 aromatic carbocycles. The molecule has 2 aromatic rings. The molecule has 1 amide bonds. The van der Waals surface area contributed by atoms with Gasteiger partial charge in [0.1, 0.15) is 5.02 Å². The zero-order chi connectivity index (χ0) is 21.6. The Morgan fingerprint density at radius 1 is 1.24 bits per heavy atom. The van der Waals surface area contributed by atoms with Crippen LogP contribution in [0.3, 0.4) is 0 Å². The molecule has 1 N–H and O–H groups in total. The third-order valence-electron chi connectivity index (χ3n) is 3.99. The molecule has 11 heteroatoms. The fraction of sp³-hybridized carbons (Fsp3) is 0.222. The Labute approximate surface area is 173 Å². The standard InChI is InChI=1S/C18H19ClN4O5S/c1-3-22(4-2)29(27,28)15-7-5-6-14(11-15)18(24)21-20-12-13-8-9-16(19)17(10-13)23(25)26/h5-12H,3-4H2,1-2H3,(H,21,24)/b20-12+. The number of hydrogen-bond acceptors (Lipinski definition) is 6. The van der Waals surface area contributed by atoms with E-state index in [1.165, 1.54) is 53.0 Å². The van der Waals surface area contributed by atoms with Crippen molar-refractivity contribution in [1.29, 1.82) is 0 Å². The molecule has 2 rings (SSSR count). The van der Waals surface area contributed by atoms with Crippen molar-refractivity contribution in [2.24, 2.45) is 5.10 Å². The molecule has 0 heterocycles. The minimum absolute atomic E-state index is 0.00570. The second-order valence-corrected chi connectivity index (χ2v) is 8.13. The Morgan fingerprint density at radius 2 is 1.93 bits per heavy atom. The minimum Gasteiger partial charge on any atom is -0.267 e. The molecular weight excluding hydrogens is 420 g/mol. The van der Waals surface area contributed by atoms with Crippen LogP contribution in [-0.2, 0) is 10.0 Å². The van der Waals surface area contributed by atoms with Crippen LogP contribution in [0.25, 0.3) is 0 Å². The van der Waals surface area contributed by atoms with Crippen molar-refractivity contribution in [3.63, 3.8) is 0 Å². The molecule has 0 spiro atoms. The average molecular weight is 439 g/mol. The van der Waals surface area contributed by atoms with Gasteiger partial charge in [-0.1, -0.05) is 37.6 Å². The highest BCUT2D eigenvalue weighted by atomic mass is 35.5. The summed E-state index contributed by atoms with van der Waals surface area (Å²) in [7, 11) is -3.70. The van der Waals surface area contributed by atoms with E-state index in [2.05, 4.69) is 10.5 Å². The Bertz CT molecular complexity index is 1050. The van der Waals surface area contributed by atoms with E-state index < -0.39 is 20.9 Å². The number of rotatable bonds is 8. The molecule has 0 aromatic heterocycles. The normalized spacial score (nSPS) is 11.7. The molecule has 0 saturated heterocycles. The van der Waals surface area contributed by atoms with Crippen LogP contribution in [-0.4, -0.2) is 42.9 Å². The van der Waals surface area contributed by atoms with Gasteiger partial charge < -0.3 is 0 Å². The number of carbonyl (C=O) groups excluding carboxylic acids is 1. The summed E-state index contributed by atoms with van der Waals surface area (Å²) in [6.07, 6.45) is 1.22. The minimum atomic E-state index is -3.70. The van der Waals surface area contributed by atoms with Gasteiger partial charge in [-0.3, -0.25) is 14.9 Å². The zero-order valence-corrected chi connectivity index (χ0v) is 17.3. The van der Waals surface area contributed by atoms with Gasteiger partial charge in [0.05, 0.1) is 16.0 Å². The first kappa shape index (κ1) is 22.5. The van der Waals surface area contributed by atoms with E-state index in [4.69, 9.17) is 11.6 Å². The lowest BCUT2D eigenvalue weighted by Crippen LogP contribution is -2.30. The quantitative estimate of drug-likeness (QED) is 0.385. The predicted octanol–water partition coefficient (Wildman–Crippen LogP) is 3.04. The van der Waals surface area contributed by atoms with E-state index in [0.717, 1.165) is 0 Å². The molecule has 29 heavy (non-hydrogen) atoms. The molecule has 0 radical (unpaired) electrons. The van der Waals surface area contributed by atoms with Crippen LogP contribution >= 0.6 is 11.6 Å². The van der Waals surface area contributed by atoms with Gasteiger partial charge in [-0.05, 0) is 24.3 Å². The molecule has 0 bridgehead atoms. The molecular formula is C18H19ClN4O5S. The van der Waals surface area contributed by atoms with Crippen molar-refractivity contribution < 1.29 is 18.1 Å². The van der Waals surface area contributed by atoms with Gasteiger partial charge in [-0.25, -0.2) is 13.8 Å². The summed E-state index contributed by atoms with van der Waals surface area (Å²) in [5.74, 6) is -0.624. The summed E-state index contributed by atoms with van der Waals surface area (Å²) in [6, 6.07) is 9.69. The van der Waals surface area contributed by atoms with Gasteiger partial charge in [0.2, 0.25) is 10.0 Å². The highest BCUT2D eigenvalue weighted by Gasteiger charge is 2.22. The Morgan fingerprint density at radius 3 is 2.55 bits per heavy atom. The monoisotopic (exact) mass is 438 g/mol. The van der Waals surface area contributed by atoms with Gasteiger partial charge in [-0.2, -0.15) is 9.41 Å². The summed E-state index contributed by atoms with van der Waals surface area (Å²) in [5, 5.41) is 14.6. The SMILES string of the molecule is CCN(CC)S(=O)(=O)c1cccc(C(=O)N/N=C/c2ccc(Cl)c([N+](=O)[O-])c2)c1. The van der Waals surface area contributed by atoms with Crippen LogP contribution in [0.15, 0.2) is 52.5 Å². The second-order valence-electron chi connectivity index (χ2n) is 5.78. The van der Waals surface area contributed by atoms with Crippen molar-refractivity contribution in [3.05, 3.63) is 68.7 Å². The molecule has 0 unspecified atom stereocenters. The number of amides is 1. The maximum atomic E-state index is 12.6. The van der Waals surface area contributed by atoms with E-state index in [1.807, 2.05) is 0 Å². The Hall–Kier alpha value is -2.82. The van der Waals surface area contributed by atoms with E-state index in [9.17, 15) is 23.3 Å². The van der Waals surface area contributed by atoms with Gasteiger partial charge in [-0.15, -0.1) is 0 Å². The maximum absolute atomic E-state index is 12.6. The van der Waals surface area contributed by atoms with E-state index in [1.54, 1.807) is 13.8 Å². The fourth-order valence-electron chi connectivity index (χ4n) is 2.49. The lowest BCUT2D eigenvalue weighted by molar-refractivity contribution is -0.384. The number of nitro groups is 1. The van der Waals surface area contributed by atoms with Crippen LogP contribution in [0.1, 0.15) is 29.8 Å². The van der Waals surface area contributed by atoms with Crippen molar-refractivity contribution in [1.82, 2.24) is 9.73 Å². The van der Waals surface area contributed by atoms with Crippen LogP contribution in [0.2, 0.25) is 5.02 Å². The second kappa shape index (κ2) is 9.59. The number of benzene rings is 2. The number of nitro benzene ring substituents is 1. The average Bonchev–Trinajstić information content (AvgIpc) is 2.69. The molecule has 154 valence electrons. The number of nitrogens with zero attached hydrogens (tertiary/aromatic N) is 3. The van der Waals surface area contributed by atoms with Crippen molar-refractivity contribution >= 4 is 39.4 Å². The Kier molecular flexibility index (Phi) is 7.43. The summed E-state index contributed by atoms with van der Waals surface area (Å²) in [5.41, 5.74) is 2.45. The highest BCUT2D eigenvalue weighted by Crippen LogP contribution is 2.24. The van der Waals surface area contributed by atoms with Crippen LogP contribution < -0.4 is 5.43 Å². The van der Waals surface area contributed by atoms with Crippen LogP contribution in [0.4, 0.5) is 5.69 Å². The number of hydrogen-bond donors (Lipinski definition) is 1. The summed E-state index contributed by atoms with van der Waals surface area (Å²) in [6.45, 7) is 4.08. The molecule has 0 saturated carbocycles. The van der Waals surface area contributed by atoms with E-state index >= 15 is 0 Å². The molecule has 9 nitrogen and oxygen atoms in total. The fourth-order valence-corrected chi connectivity index (χ4v) is 4.18. The third kappa shape index (κ3) is 5.37. The molecule has 0 fully saturated rings.